The highest BCUT2D eigenvalue weighted by molar-refractivity contribution is 5.67. The number of aryl methyl sites for hydroxylation is 1. The Labute approximate surface area is 149 Å². The number of rotatable bonds is 6. The molecule has 3 rings (SSSR count). The monoisotopic (exact) mass is 327 g/mol. The van der Waals surface area contributed by atoms with Gasteiger partial charge in [0.2, 0.25) is 0 Å². The summed E-state index contributed by atoms with van der Waals surface area (Å²) in [5.74, 6) is 0.636. The predicted molar refractivity (Wildman–Crippen MR) is 101 cm³/mol. The van der Waals surface area contributed by atoms with E-state index in [2.05, 4.69) is 53.3 Å². The Kier molecular flexibility index (Phi) is 5.53. The van der Waals surface area contributed by atoms with Gasteiger partial charge in [0.15, 0.2) is 5.82 Å². The van der Waals surface area contributed by atoms with Gasteiger partial charge in [-0.3, -0.25) is 0 Å². The lowest BCUT2D eigenvalue weighted by Crippen LogP contribution is -1.90. The maximum absolute atomic E-state index is 8.81. The zero-order chi connectivity index (χ0) is 17.5. The number of hydrogen-bond donors (Lipinski definition) is 0. The summed E-state index contributed by atoms with van der Waals surface area (Å²) >= 11 is 0. The molecular weight excluding hydrogens is 306 g/mol. The van der Waals surface area contributed by atoms with Crippen molar-refractivity contribution < 1.29 is 0 Å². The zero-order valence-electron chi connectivity index (χ0n) is 14.4. The van der Waals surface area contributed by atoms with Crippen LogP contribution in [0.25, 0.3) is 22.5 Å². The Balaban J connectivity index is 1.72. The second kappa shape index (κ2) is 8.21. The standard InChI is InChI=1S/C22H21N3/c1-2-3-4-5-17-6-8-19(9-7-17)20-10-12-21(13-11-20)22-24-15-18(14-23)16-25-22/h6-13,15-16H,2-5H2,1H3. The number of nitriles is 1. The molecule has 0 bridgehead atoms. The minimum absolute atomic E-state index is 0.472. The number of unbranched alkanes of at least 4 members (excludes halogenated alkanes) is 2. The molecule has 1 aromatic heterocycles. The summed E-state index contributed by atoms with van der Waals surface area (Å²) in [4.78, 5) is 8.47. The highest BCUT2D eigenvalue weighted by Gasteiger charge is 2.03. The van der Waals surface area contributed by atoms with Crippen molar-refractivity contribution in [3.05, 3.63) is 72.1 Å². The Bertz CT molecular complexity index is 842. The van der Waals surface area contributed by atoms with Crippen LogP contribution in [0.15, 0.2) is 60.9 Å². The molecule has 0 atom stereocenters. The summed E-state index contributed by atoms with van der Waals surface area (Å²) in [6, 6.07) is 19.1. The number of benzene rings is 2. The van der Waals surface area contributed by atoms with Gasteiger partial charge in [0.25, 0.3) is 0 Å². The first-order valence-corrected chi connectivity index (χ1v) is 8.72. The van der Waals surface area contributed by atoms with Crippen molar-refractivity contribution >= 4 is 0 Å². The third-order valence-corrected chi connectivity index (χ3v) is 4.28. The second-order valence-corrected chi connectivity index (χ2v) is 6.14. The fourth-order valence-corrected chi connectivity index (χ4v) is 2.79. The van der Waals surface area contributed by atoms with Gasteiger partial charge >= 0.3 is 0 Å². The highest BCUT2D eigenvalue weighted by Crippen LogP contribution is 2.23. The molecule has 0 spiro atoms. The summed E-state index contributed by atoms with van der Waals surface area (Å²) in [7, 11) is 0. The third kappa shape index (κ3) is 4.30. The molecule has 124 valence electrons. The van der Waals surface area contributed by atoms with Crippen molar-refractivity contribution in [3.63, 3.8) is 0 Å². The lowest BCUT2D eigenvalue weighted by Gasteiger charge is -2.06. The van der Waals surface area contributed by atoms with E-state index in [1.807, 2.05) is 18.2 Å². The molecule has 0 aliphatic carbocycles. The minimum Gasteiger partial charge on any atom is -0.235 e. The average molecular weight is 327 g/mol. The third-order valence-electron chi connectivity index (χ3n) is 4.28. The molecule has 0 amide bonds. The second-order valence-electron chi connectivity index (χ2n) is 6.14. The smallest absolute Gasteiger partial charge is 0.159 e. The van der Waals surface area contributed by atoms with Crippen molar-refractivity contribution in [1.29, 1.82) is 5.26 Å². The van der Waals surface area contributed by atoms with Crippen LogP contribution in [0.1, 0.15) is 37.3 Å². The Hall–Kier alpha value is -2.99. The summed E-state index contributed by atoms with van der Waals surface area (Å²) in [6.45, 7) is 2.23. The number of nitrogens with zero attached hydrogens (tertiary/aromatic N) is 3. The molecule has 25 heavy (non-hydrogen) atoms. The van der Waals surface area contributed by atoms with Gasteiger partial charge in [-0.1, -0.05) is 68.3 Å². The van der Waals surface area contributed by atoms with Crippen LogP contribution in [-0.2, 0) is 6.42 Å². The molecule has 0 aliphatic heterocycles. The lowest BCUT2D eigenvalue weighted by atomic mass is 10.0. The van der Waals surface area contributed by atoms with Crippen LogP contribution in [0.3, 0.4) is 0 Å². The summed E-state index contributed by atoms with van der Waals surface area (Å²) in [6.07, 6.45) is 8.06. The molecule has 0 N–H and O–H groups in total. The van der Waals surface area contributed by atoms with E-state index in [4.69, 9.17) is 5.26 Å². The van der Waals surface area contributed by atoms with Crippen LogP contribution in [0.4, 0.5) is 0 Å². The summed E-state index contributed by atoms with van der Waals surface area (Å²) < 4.78 is 0. The molecule has 3 nitrogen and oxygen atoms in total. The quantitative estimate of drug-likeness (QED) is 0.568. The van der Waals surface area contributed by atoms with Gasteiger partial charge in [0.1, 0.15) is 6.07 Å². The van der Waals surface area contributed by atoms with Crippen LogP contribution in [0.2, 0.25) is 0 Å². The molecular formula is C22H21N3. The van der Waals surface area contributed by atoms with E-state index in [1.54, 1.807) is 12.4 Å². The van der Waals surface area contributed by atoms with Crippen LogP contribution < -0.4 is 0 Å². The van der Waals surface area contributed by atoms with Gasteiger partial charge in [-0.15, -0.1) is 0 Å². The Morgan fingerprint density at radius 2 is 1.36 bits per heavy atom. The Morgan fingerprint density at radius 3 is 1.92 bits per heavy atom. The van der Waals surface area contributed by atoms with Crippen molar-refractivity contribution in [2.45, 2.75) is 32.6 Å². The molecule has 3 aromatic rings. The SMILES string of the molecule is CCCCCc1ccc(-c2ccc(-c3ncc(C#N)cn3)cc2)cc1. The molecule has 2 aromatic carbocycles. The van der Waals surface area contributed by atoms with E-state index in [-0.39, 0.29) is 0 Å². The molecule has 1 heterocycles. The highest BCUT2D eigenvalue weighted by atomic mass is 14.9. The first-order chi connectivity index (χ1) is 12.3. The zero-order valence-corrected chi connectivity index (χ0v) is 14.4. The van der Waals surface area contributed by atoms with Gasteiger partial charge in [0.05, 0.1) is 5.56 Å². The van der Waals surface area contributed by atoms with E-state index in [9.17, 15) is 0 Å². The molecule has 0 unspecified atom stereocenters. The number of hydrogen-bond acceptors (Lipinski definition) is 3. The van der Waals surface area contributed by atoms with Gasteiger partial charge in [-0.05, 0) is 29.5 Å². The summed E-state index contributed by atoms with van der Waals surface area (Å²) in [5.41, 5.74) is 5.22. The van der Waals surface area contributed by atoms with E-state index < -0.39 is 0 Å². The van der Waals surface area contributed by atoms with Gasteiger partial charge in [-0.2, -0.15) is 5.26 Å². The van der Waals surface area contributed by atoms with Crippen molar-refractivity contribution in [3.8, 4) is 28.6 Å². The van der Waals surface area contributed by atoms with Crippen LogP contribution in [-0.4, -0.2) is 9.97 Å². The van der Waals surface area contributed by atoms with Crippen molar-refractivity contribution in [2.24, 2.45) is 0 Å². The lowest BCUT2D eigenvalue weighted by molar-refractivity contribution is 0.717. The predicted octanol–water partition coefficient (Wildman–Crippen LogP) is 5.41. The van der Waals surface area contributed by atoms with Crippen molar-refractivity contribution in [2.75, 3.05) is 0 Å². The van der Waals surface area contributed by atoms with E-state index in [0.717, 1.165) is 12.0 Å². The average Bonchev–Trinajstić information content (AvgIpc) is 2.69. The molecule has 0 saturated heterocycles. The Morgan fingerprint density at radius 1 is 0.800 bits per heavy atom. The van der Waals surface area contributed by atoms with E-state index in [1.165, 1.54) is 36.0 Å². The maximum Gasteiger partial charge on any atom is 0.159 e. The normalized spacial score (nSPS) is 10.4. The van der Waals surface area contributed by atoms with E-state index in [0.29, 0.717) is 11.4 Å². The molecule has 0 aliphatic rings. The topological polar surface area (TPSA) is 49.6 Å². The maximum atomic E-state index is 8.81. The van der Waals surface area contributed by atoms with Gasteiger partial charge < -0.3 is 0 Å². The molecule has 3 heteroatoms. The fraction of sp³-hybridized carbons (Fsp3) is 0.227. The van der Waals surface area contributed by atoms with Gasteiger partial charge in [0, 0.05) is 18.0 Å². The van der Waals surface area contributed by atoms with Crippen LogP contribution >= 0.6 is 0 Å². The first-order valence-electron chi connectivity index (χ1n) is 8.72. The fourth-order valence-electron chi connectivity index (χ4n) is 2.79. The van der Waals surface area contributed by atoms with Crippen LogP contribution in [0.5, 0.6) is 0 Å². The molecule has 0 fully saturated rings. The molecule has 0 saturated carbocycles. The van der Waals surface area contributed by atoms with Crippen LogP contribution in [0, 0.1) is 11.3 Å². The molecule has 0 radical (unpaired) electrons. The van der Waals surface area contributed by atoms with Gasteiger partial charge in [-0.25, -0.2) is 9.97 Å². The van der Waals surface area contributed by atoms with E-state index >= 15 is 0 Å². The number of aromatic nitrogens is 2. The largest absolute Gasteiger partial charge is 0.235 e. The first kappa shape index (κ1) is 16.9. The minimum atomic E-state index is 0.472. The summed E-state index contributed by atoms with van der Waals surface area (Å²) in [5, 5.41) is 8.81. The van der Waals surface area contributed by atoms with Crippen molar-refractivity contribution in [1.82, 2.24) is 9.97 Å².